The first-order valence-electron chi connectivity index (χ1n) is 8.76. The second kappa shape index (κ2) is 7.04. The molecule has 0 aliphatic carbocycles. The predicted octanol–water partition coefficient (Wildman–Crippen LogP) is 3.15. The number of sulfone groups is 1. The van der Waals surface area contributed by atoms with Crippen LogP contribution >= 0.6 is 0 Å². The van der Waals surface area contributed by atoms with Gasteiger partial charge in [-0.1, -0.05) is 36.1 Å². The van der Waals surface area contributed by atoms with E-state index in [-0.39, 0.29) is 20.9 Å². The molecule has 0 bridgehead atoms. The zero-order chi connectivity index (χ0) is 20.6. The van der Waals surface area contributed by atoms with Crippen LogP contribution in [0.15, 0.2) is 82.6 Å². The molecule has 6 heteroatoms. The van der Waals surface area contributed by atoms with Gasteiger partial charge < -0.3 is 0 Å². The van der Waals surface area contributed by atoms with Crippen molar-refractivity contribution in [2.75, 3.05) is 7.05 Å². The minimum Gasteiger partial charge on any atom is -0.277 e. The molecule has 2 amide bonds. The zero-order valence-corrected chi connectivity index (χ0v) is 16.2. The summed E-state index contributed by atoms with van der Waals surface area (Å²) in [4.78, 5) is 25.2. The highest BCUT2D eigenvalue weighted by Crippen LogP contribution is 2.28. The lowest BCUT2D eigenvalue weighted by atomic mass is 10.1. The highest BCUT2D eigenvalue weighted by Gasteiger charge is 2.34. The van der Waals surface area contributed by atoms with Gasteiger partial charge in [0.25, 0.3) is 11.8 Å². The number of amides is 2. The molecule has 0 saturated carbocycles. The van der Waals surface area contributed by atoms with E-state index in [1.165, 1.54) is 37.4 Å². The van der Waals surface area contributed by atoms with Gasteiger partial charge in [0.05, 0.1) is 20.9 Å². The van der Waals surface area contributed by atoms with Gasteiger partial charge in [0.1, 0.15) is 0 Å². The molecule has 0 fully saturated rings. The molecule has 0 spiro atoms. The van der Waals surface area contributed by atoms with Crippen molar-refractivity contribution in [3.63, 3.8) is 0 Å². The van der Waals surface area contributed by atoms with E-state index in [1.54, 1.807) is 12.1 Å². The molecule has 3 aromatic carbocycles. The number of hydrogen-bond acceptors (Lipinski definition) is 4. The number of hydrogen-bond donors (Lipinski definition) is 0. The normalized spacial score (nSPS) is 13.1. The molecule has 1 aliphatic heterocycles. The van der Waals surface area contributed by atoms with Crippen LogP contribution in [0, 0.1) is 11.8 Å². The maximum Gasteiger partial charge on any atom is 0.261 e. The van der Waals surface area contributed by atoms with Crippen molar-refractivity contribution in [1.29, 1.82) is 0 Å². The molecule has 1 heterocycles. The van der Waals surface area contributed by atoms with E-state index in [1.807, 2.05) is 30.3 Å². The summed E-state index contributed by atoms with van der Waals surface area (Å²) < 4.78 is 26.1. The standard InChI is InChI=1S/C23H15NO4S/c1-24-22(25)20-13-12-19(15-21(20)23(24)26)29(27,28)18-9-5-8-17(14-18)11-10-16-6-3-2-4-7-16/h2-9,12-15H,1H3. The molecule has 0 saturated heterocycles. The molecule has 0 aromatic heterocycles. The zero-order valence-electron chi connectivity index (χ0n) is 15.4. The van der Waals surface area contributed by atoms with Gasteiger partial charge in [-0.05, 0) is 48.5 Å². The summed E-state index contributed by atoms with van der Waals surface area (Å²) in [6, 6.07) is 19.7. The van der Waals surface area contributed by atoms with Gasteiger partial charge in [-0.15, -0.1) is 0 Å². The van der Waals surface area contributed by atoms with Crippen LogP contribution in [0.1, 0.15) is 31.8 Å². The van der Waals surface area contributed by atoms with E-state index in [0.717, 1.165) is 10.5 Å². The van der Waals surface area contributed by atoms with E-state index in [9.17, 15) is 18.0 Å². The van der Waals surface area contributed by atoms with Crippen LogP contribution in [0.5, 0.6) is 0 Å². The summed E-state index contributed by atoms with van der Waals surface area (Å²) in [6.45, 7) is 0. The van der Waals surface area contributed by atoms with Gasteiger partial charge in [-0.25, -0.2) is 8.42 Å². The second-order valence-corrected chi connectivity index (χ2v) is 8.47. The number of carbonyl (C=O) groups is 2. The van der Waals surface area contributed by atoms with Crippen LogP contribution in [0.2, 0.25) is 0 Å². The Balaban J connectivity index is 1.72. The molecule has 0 radical (unpaired) electrons. The summed E-state index contributed by atoms with van der Waals surface area (Å²) in [7, 11) is -2.51. The summed E-state index contributed by atoms with van der Waals surface area (Å²) in [5.74, 6) is 5.01. The third kappa shape index (κ3) is 3.33. The third-order valence-corrected chi connectivity index (χ3v) is 6.39. The Kier molecular flexibility index (Phi) is 4.53. The van der Waals surface area contributed by atoms with E-state index < -0.39 is 21.7 Å². The molecule has 142 valence electrons. The minimum atomic E-state index is -3.87. The lowest BCUT2D eigenvalue weighted by Gasteiger charge is -2.06. The van der Waals surface area contributed by atoms with Gasteiger partial charge in [0.2, 0.25) is 9.84 Å². The van der Waals surface area contributed by atoms with Crippen LogP contribution < -0.4 is 0 Å². The highest BCUT2D eigenvalue weighted by atomic mass is 32.2. The van der Waals surface area contributed by atoms with E-state index in [0.29, 0.717) is 5.56 Å². The van der Waals surface area contributed by atoms with Crippen LogP contribution in [0.25, 0.3) is 0 Å². The summed E-state index contributed by atoms with van der Waals surface area (Å²) >= 11 is 0. The average Bonchev–Trinajstić information content (AvgIpc) is 2.97. The Morgan fingerprint density at radius 2 is 1.31 bits per heavy atom. The fraction of sp³-hybridized carbons (Fsp3) is 0.0435. The van der Waals surface area contributed by atoms with Crippen LogP contribution in [-0.2, 0) is 9.84 Å². The first-order valence-corrected chi connectivity index (χ1v) is 10.2. The Morgan fingerprint density at radius 3 is 2.07 bits per heavy atom. The molecule has 5 nitrogen and oxygen atoms in total. The lowest BCUT2D eigenvalue weighted by Crippen LogP contribution is -2.24. The Labute approximate surface area is 168 Å². The number of fused-ring (bicyclic) bond motifs is 1. The number of nitrogens with zero attached hydrogens (tertiary/aromatic N) is 1. The quantitative estimate of drug-likeness (QED) is 0.489. The van der Waals surface area contributed by atoms with Crippen molar-refractivity contribution in [3.05, 3.63) is 95.1 Å². The first kappa shape index (κ1) is 18.7. The number of rotatable bonds is 2. The van der Waals surface area contributed by atoms with Gasteiger partial charge in [0.15, 0.2) is 0 Å². The van der Waals surface area contributed by atoms with Gasteiger partial charge >= 0.3 is 0 Å². The second-order valence-electron chi connectivity index (χ2n) is 6.52. The molecular weight excluding hydrogens is 386 g/mol. The van der Waals surface area contributed by atoms with Crippen LogP contribution in [-0.4, -0.2) is 32.2 Å². The molecule has 3 aromatic rings. The van der Waals surface area contributed by atoms with E-state index >= 15 is 0 Å². The minimum absolute atomic E-state index is 0.0409. The Morgan fingerprint density at radius 1 is 0.690 bits per heavy atom. The van der Waals surface area contributed by atoms with Gasteiger partial charge in [0, 0.05) is 18.2 Å². The molecule has 0 atom stereocenters. The SMILES string of the molecule is CN1C(=O)c2ccc(S(=O)(=O)c3cccc(C#Cc4ccccc4)c3)cc2C1=O. The third-order valence-electron chi connectivity index (χ3n) is 4.64. The highest BCUT2D eigenvalue weighted by molar-refractivity contribution is 7.91. The maximum absolute atomic E-state index is 13.1. The molecule has 29 heavy (non-hydrogen) atoms. The average molecular weight is 401 g/mol. The van der Waals surface area contributed by atoms with Gasteiger partial charge in [-0.2, -0.15) is 0 Å². The summed E-state index contributed by atoms with van der Waals surface area (Å²) in [6.07, 6.45) is 0. The van der Waals surface area contributed by atoms with Crippen molar-refractivity contribution >= 4 is 21.7 Å². The van der Waals surface area contributed by atoms with E-state index in [4.69, 9.17) is 0 Å². The predicted molar refractivity (Wildman–Crippen MR) is 107 cm³/mol. The summed E-state index contributed by atoms with van der Waals surface area (Å²) in [5.41, 5.74) is 1.69. The molecule has 4 rings (SSSR count). The van der Waals surface area contributed by atoms with Crippen molar-refractivity contribution < 1.29 is 18.0 Å². The molecule has 0 N–H and O–H groups in total. The smallest absolute Gasteiger partial charge is 0.261 e. The summed E-state index contributed by atoms with van der Waals surface area (Å²) in [5, 5.41) is 0. The van der Waals surface area contributed by atoms with Crippen molar-refractivity contribution in [2.45, 2.75) is 9.79 Å². The molecular formula is C23H15NO4S. The van der Waals surface area contributed by atoms with Crippen molar-refractivity contribution in [1.82, 2.24) is 4.90 Å². The maximum atomic E-state index is 13.1. The largest absolute Gasteiger partial charge is 0.277 e. The van der Waals surface area contributed by atoms with Crippen molar-refractivity contribution in [2.24, 2.45) is 0 Å². The monoisotopic (exact) mass is 401 g/mol. The van der Waals surface area contributed by atoms with E-state index in [2.05, 4.69) is 11.8 Å². The number of imide groups is 1. The van der Waals surface area contributed by atoms with Crippen LogP contribution in [0.4, 0.5) is 0 Å². The number of benzene rings is 3. The Bertz CT molecular complexity index is 1320. The number of carbonyl (C=O) groups excluding carboxylic acids is 2. The molecule has 1 aliphatic rings. The molecule has 0 unspecified atom stereocenters. The fourth-order valence-electron chi connectivity index (χ4n) is 3.05. The fourth-order valence-corrected chi connectivity index (χ4v) is 4.38. The first-order chi connectivity index (χ1) is 13.9. The van der Waals surface area contributed by atoms with Crippen molar-refractivity contribution in [3.8, 4) is 11.8 Å². The lowest BCUT2D eigenvalue weighted by molar-refractivity contribution is 0.0693. The Hall–Kier alpha value is -3.69. The topological polar surface area (TPSA) is 71.5 Å². The van der Waals surface area contributed by atoms with Gasteiger partial charge in [-0.3, -0.25) is 14.5 Å². The van der Waals surface area contributed by atoms with Crippen LogP contribution in [0.3, 0.4) is 0 Å².